The van der Waals surface area contributed by atoms with E-state index in [1.165, 1.54) is 0 Å². The molecule has 5 heteroatoms. The van der Waals surface area contributed by atoms with Gasteiger partial charge in [0.2, 0.25) is 0 Å². The van der Waals surface area contributed by atoms with Crippen molar-refractivity contribution in [1.82, 2.24) is 0 Å². The second-order valence-electron chi connectivity index (χ2n) is 3.64. The van der Waals surface area contributed by atoms with Gasteiger partial charge in [0, 0.05) is 0 Å². The molecular formula is C16H14ClNO3. The van der Waals surface area contributed by atoms with Gasteiger partial charge in [0.1, 0.15) is 36.7 Å². The van der Waals surface area contributed by atoms with Crippen LogP contribution in [0.1, 0.15) is 11.1 Å². The van der Waals surface area contributed by atoms with Crippen molar-refractivity contribution in [1.29, 1.82) is 5.26 Å². The number of rotatable bonds is 2. The van der Waals surface area contributed by atoms with Crippen LogP contribution in [0.25, 0.3) is 0 Å². The Kier molecular flexibility index (Phi) is 8.90. The first kappa shape index (κ1) is 18.4. The molecule has 21 heavy (non-hydrogen) atoms. The molecule has 0 bridgehead atoms. The lowest BCUT2D eigenvalue weighted by Gasteiger charge is -2.08. The lowest BCUT2D eigenvalue weighted by Crippen LogP contribution is -1.89. The van der Waals surface area contributed by atoms with Crippen molar-refractivity contribution in [3.05, 3.63) is 58.6 Å². The molecule has 108 valence electrons. The maximum Gasteiger partial charge on any atom is 0.146 e. The lowest BCUT2D eigenvalue weighted by atomic mass is 10.2. The van der Waals surface area contributed by atoms with E-state index in [9.17, 15) is 0 Å². The van der Waals surface area contributed by atoms with Gasteiger partial charge in [-0.05, 0) is 31.2 Å². The highest BCUT2D eigenvalue weighted by Gasteiger charge is 2.08. The third-order valence-corrected chi connectivity index (χ3v) is 2.65. The van der Waals surface area contributed by atoms with Crippen LogP contribution in [0.2, 0.25) is 5.02 Å². The van der Waals surface area contributed by atoms with Crippen LogP contribution in [0.3, 0.4) is 0 Å². The highest BCUT2D eigenvalue weighted by Crippen LogP contribution is 2.29. The Morgan fingerprint density at radius 3 is 2.14 bits per heavy atom. The van der Waals surface area contributed by atoms with Gasteiger partial charge in [-0.3, -0.25) is 0 Å². The fraction of sp³-hybridized carbons (Fsp3) is 0.0625. The molecule has 2 rings (SSSR count). The third-order valence-electron chi connectivity index (χ3n) is 2.34. The number of carbonyl (C=O) groups excluding carboxylic acids is 2. The van der Waals surface area contributed by atoms with Crippen LogP contribution in [-0.2, 0) is 9.59 Å². The van der Waals surface area contributed by atoms with Crippen molar-refractivity contribution < 1.29 is 14.3 Å². The Morgan fingerprint density at radius 2 is 1.62 bits per heavy atom. The highest BCUT2D eigenvalue weighted by atomic mass is 35.5. The van der Waals surface area contributed by atoms with Gasteiger partial charge in [-0.25, -0.2) is 0 Å². The summed E-state index contributed by atoms with van der Waals surface area (Å²) >= 11 is 5.92. The number of ether oxygens (including phenoxy) is 1. The standard InChI is InChI=1S/C14H10ClNO.2CH2O/c1-10-5-7-11(8-6-10)17-14-4-2-3-13(15)12(14)9-16;2*1-2/h2-8H,1H3;2*1H2. The molecule has 2 aromatic carbocycles. The van der Waals surface area contributed by atoms with E-state index < -0.39 is 0 Å². The predicted octanol–water partition coefficient (Wildman–Crippen LogP) is 3.94. The number of aryl methyl sites for hydroxylation is 1. The van der Waals surface area contributed by atoms with Crippen molar-refractivity contribution >= 4 is 25.2 Å². The van der Waals surface area contributed by atoms with Crippen LogP contribution < -0.4 is 4.74 Å². The summed E-state index contributed by atoms with van der Waals surface area (Å²) in [6, 6.07) is 14.8. The zero-order valence-corrected chi connectivity index (χ0v) is 12.3. The van der Waals surface area contributed by atoms with E-state index in [4.69, 9.17) is 31.2 Å². The average molecular weight is 304 g/mol. The topological polar surface area (TPSA) is 67.2 Å². The van der Waals surface area contributed by atoms with Gasteiger partial charge in [0.15, 0.2) is 0 Å². The number of carbonyl (C=O) groups is 2. The fourth-order valence-corrected chi connectivity index (χ4v) is 1.64. The summed E-state index contributed by atoms with van der Waals surface area (Å²) in [6.45, 7) is 6.00. The van der Waals surface area contributed by atoms with E-state index in [0.717, 1.165) is 5.56 Å². The predicted molar refractivity (Wildman–Crippen MR) is 81.7 cm³/mol. The van der Waals surface area contributed by atoms with E-state index in [1.54, 1.807) is 18.2 Å². The Hall–Kier alpha value is -2.64. The second-order valence-corrected chi connectivity index (χ2v) is 4.05. The molecule has 0 amide bonds. The van der Waals surface area contributed by atoms with Crippen molar-refractivity contribution in [3.63, 3.8) is 0 Å². The third kappa shape index (κ3) is 5.47. The Labute approximate surface area is 128 Å². The van der Waals surface area contributed by atoms with Crippen molar-refractivity contribution in [2.24, 2.45) is 0 Å². The molecule has 4 nitrogen and oxygen atoms in total. The number of benzene rings is 2. The molecule has 0 saturated heterocycles. The molecule has 0 fully saturated rings. The van der Waals surface area contributed by atoms with Gasteiger partial charge in [-0.1, -0.05) is 35.4 Å². The van der Waals surface area contributed by atoms with Crippen molar-refractivity contribution in [2.75, 3.05) is 0 Å². The minimum Gasteiger partial charge on any atom is -0.456 e. The van der Waals surface area contributed by atoms with Crippen molar-refractivity contribution in [2.45, 2.75) is 6.92 Å². The second kappa shape index (κ2) is 10.2. The van der Waals surface area contributed by atoms with Crippen LogP contribution in [0, 0.1) is 18.3 Å². The summed E-state index contributed by atoms with van der Waals surface area (Å²) in [5.41, 5.74) is 1.51. The monoisotopic (exact) mass is 303 g/mol. The molecule has 0 atom stereocenters. The zero-order valence-electron chi connectivity index (χ0n) is 11.5. The first-order valence-corrected chi connectivity index (χ1v) is 6.09. The van der Waals surface area contributed by atoms with Crippen LogP contribution in [0.4, 0.5) is 0 Å². The average Bonchev–Trinajstić information content (AvgIpc) is 2.54. The van der Waals surface area contributed by atoms with E-state index in [2.05, 4.69) is 0 Å². The first-order chi connectivity index (χ1) is 10.2. The van der Waals surface area contributed by atoms with Gasteiger partial charge in [0.05, 0.1) is 5.02 Å². The van der Waals surface area contributed by atoms with E-state index in [-0.39, 0.29) is 0 Å². The SMILES string of the molecule is C=O.C=O.Cc1ccc(Oc2cccc(Cl)c2C#N)cc1. The smallest absolute Gasteiger partial charge is 0.146 e. The van der Waals surface area contributed by atoms with Gasteiger partial charge in [0.25, 0.3) is 0 Å². The van der Waals surface area contributed by atoms with E-state index in [0.29, 0.717) is 22.1 Å². The largest absolute Gasteiger partial charge is 0.456 e. The minimum absolute atomic E-state index is 0.356. The minimum atomic E-state index is 0.356. The van der Waals surface area contributed by atoms with Crippen LogP contribution in [-0.4, -0.2) is 13.6 Å². The number of halogens is 1. The summed E-state index contributed by atoms with van der Waals surface area (Å²) in [4.78, 5) is 16.0. The molecule has 2 aromatic rings. The summed E-state index contributed by atoms with van der Waals surface area (Å²) in [5.74, 6) is 1.17. The van der Waals surface area contributed by atoms with Crippen molar-refractivity contribution in [3.8, 4) is 17.6 Å². The van der Waals surface area contributed by atoms with E-state index >= 15 is 0 Å². The molecule has 0 aromatic heterocycles. The summed E-state index contributed by atoms with van der Waals surface area (Å²) in [5, 5.41) is 9.41. The molecule has 0 radical (unpaired) electrons. The normalized spacial score (nSPS) is 8.24. The fourth-order valence-electron chi connectivity index (χ4n) is 1.43. The molecule has 0 aliphatic carbocycles. The quantitative estimate of drug-likeness (QED) is 0.842. The molecule has 0 aliphatic rings. The lowest BCUT2D eigenvalue weighted by molar-refractivity contribution is -0.0987. The summed E-state index contributed by atoms with van der Waals surface area (Å²) < 4.78 is 5.63. The maximum absolute atomic E-state index is 9.01. The maximum atomic E-state index is 9.01. The zero-order chi connectivity index (χ0) is 16.3. The Bertz CT molecular complexity index is 604. The van der Waals surface area contributed by atoms with Gasteiger partial charge >= 0.3 is 0 Å². The van der Waals surface area contributed by atoms with Crippen LogP contribution >= 0.6 is 11.6 Å². The number of nitrogens with zero attached hydrogens (tertiary/aromatic N) is 1. The molecular weight excluding hydrogens is 290 g/mol. The molecule has 0 N–H and O–H groups in total. The Morgan fingerprint density at radius 1 is 1.05 bits per heavy atom. The number of hydrogen-bond acceptors (Lipinski definition) is 4. The van der Waals surface area contributed by atoms with Gasteiger partial charge in [-0.15, -0.1) is 0 Å². The van der Waals surface area contributed by atoms with Crippen LogP contribution in [0.5, 0.6) is 11.5 Å². The molecule has 0 aliphatic heterocycles. The van der Waals surface area contributed by atoms with Gasteiger partial charge < -0.3 is 14.3 Å². The van der Waals surface area contributed by atoms with E-state index in [1.807, 2.05) is 50.8 Å². The molecule has 0 heterocycles. The highest BCUT2D eigenvalue weighted by molar-refractivity contribution is 6.31. The first-order valence-electron chi connectivity index (χ1n) is 5.71. The van der Waals surface area contributed by atoms with Crippen LogP contribution in [0.15, 0.2) is 42.5 Å². The number of nitriles is 1. The van der Waals surface area contributed by atoms with Gasteiger partial charge in [-0.2, -0.15) is 5.26 Å². The number of hydrogen-bond donors (Lipinski definition) is 0. The summed E-state index contributed by atoms with van der Waals surface area (Å²) in [6.07, 6.45) is 0. The Balaban J connectivity index is 0.000000921. The molecule has 0 unspecified atom stereocenters. The molecule has 0 spiro atoms. The summed E-state index contributed by atoms with van der Waals surface area (Å²) in [7, 11) is 0. The molecule has 0 saturated carbocycles.